The number of carbonyl (C=O) groups is 1. The van der Waals surface area contributed by atoms with Crippen LogP contribution >= 0.6 is 0 Å². The summed E-state index contributed by atoms with van der Waals surface area (Å²) in [5.74, 6) is -0.0459. The van der Waals surface area contributed by atoms with E-state index in [0.29, 0.717) is 23.9 Å². The number of ether oxygens (including phenoxy) is 1. The molecule has 0 fully saturated rings. The highest BCUT2D eigenvalue weighted by Crippen LogP contribution is 2.26. The summed E-state index contributed by atoms with van der Waals surface area (Å²) >= 11 is 0. The van der Waals surface area contributed by atoms with Crippen LogP contribution in [0.4, 0.5) is 4.39 Å². The molecule has 0 aromatic heterocycles. The molecule has 4 nitrogen and oxygen atoms in total. The summed E-state index contributed by atoms with van der Waals surface area (Å²) in [6.07, 6.45) is 0.677. The maximum absolute atomic E-state index is 12.6. The van der Waals surface area contributed by atoms with Gasteiger partial charge in [-0.15, -0.1) is 0 Å². The lowest BCUT2D eigenvalue weighted by atomic mass is 9.97. The van der Waals surface area contributed by atoms with E-state index < -0.39 is 6.23 Å². The van der Waals surface area contributed by atoms with E-state index in [1.54, 1.807) is 4.90 Å². The molecule has 2 N–H and O–H groups in total. The predicted molar refractivity (Wildman–Crippen MR) is 79.4 cm³/mol. The largest absolute Gasteiger partial charge is 0.353 e. The van der Waals surface area contributed by atoms with E-state index in [0.717, 1.165) is 5.56 Å². The van der Waals surface area contributed by atoms with Crippen LogP contribution < -0.4 is 5.73 Å². The van der Waals surface area contributed by atoms with E-state index in [4.69, 9.17) is 10.5 Å². The number of amides is 1. The average Bonchev–Trinajstić information content (AvgIpc) is 2.48. The van der Waals surface area contributed by atoms with Crippen molar-refractivity contribution in [3.63, 3.8) is 0 Å². The minimum atomic E-state index is -0.395. The van der Waals surface area contributed by atoms with Gasteiger partial charge in [-0.05, 0) is 31.1 Å². The fourth-order valence-electron chi connectivity index (χ4n) is 2.51. The van der Waals surface area contributed by atoms with Crippen molar-refractivity contribution in [1.29, 1.82) is 0 Å². The lowest BCUT2D eigenvalue weighted by Crippen LogP contribution is -2.50. The molecule has 1 aliphatic rings. The molecule has 2 rings (SSSR count). The number of hydrogen-bond acceptors (Lipinski definition) is 3. The maximum atomic E-state index is 12.6. The van der Waals surface area contributed by atoms with Crippen molar-refractivity contribution in [2.24, 2.45) is 5.73 Å². The summed E-state index contributed by atoms with van der Waals surface area (Å²) in [4.78, 5) is 14.3. The van der Waals surface area contributed by atoms with Gasteiger partial charge < -0.3 is 15.4 Å². The summed E-state index contributed by atoms with van der Waals surface area (Å²) in [7, 11) is 0. The molecule has 1 heterocycles. The highest BCUT2D eigenvalue weighted by atomic mass is 19.1. The molecule has 5 heteroatoms. The van der Waals surface area contributed by atoms with Gasteiger partial charge in [0.1, 0.15) is 6.23 Å². The second-order valence-corrected chi connectivity index (χ2v) is 5.40. The zero-order chi connectivity index (χ0) is 15.4. The summed E-state index contributed by atoms with van der Waals surface area (Å²) in [5.41, 5.74) is 7.48. The molecule has 21 heavy (non-hydrogen) atoms. The number of nitrogens with zero attached hydrogens (tertiary/aromatic N) is 1. The van der Waals surface area contributed by atoms with E-state index in [1.165, 1.54) is 0 Å². The van der Waals surface area contributed by atoms with Crippen molar-refractivity contribution < 1.29 is 13.9 Å². The number of halogens is 1. The van der Waals surface area contributed by atoms with Crippen LogP contribution in [-0.4, -0.2) is 36.2 Å². The van der Waals surface area contributed by atoms with Crippen LogP contribution in [0.3, 0.4) is 0 Å². The Bertz CT molecular complexity index is 543. The molecule has 1 unspecified atom stereocenters. The lowest BCUT2D eigenvalue weighted by Gasteiger charge is -2.39. The van der Waals surface area contributed by atoms with Gasteiger partial charge in [-0.25, -0.2) is 4.39 Å². The fourth-order valence-corrected chi connectivity index (χ4v) is 2.51. The van der Waals surface area contributed by atoms with Gasteiger partial charge in [0.25, 0.3) is 5.91 Å². The molecule has 1 aliphatic heterocycles. The van der Waals surface area contributed by atoms with Gasteiger partial charge in [-0.3, -0.25) is 4.79 Å². The van der Waals surface area contributed by atoms with Gasteiger partial charge >= 0.3 is 0 Å². The van der Waals surface area contributed by atoms with Gasteiger partial charge in [0.05, 0.1) is 12.9 Å². The molecule has 0 bridgehead atoms. The van der Waals surface area contributed by atoms with Gasteiger partial charge in [0, 0.05) is 24.6 Å². The van der Waals surface area contributed by atoms with E-state index >= 15 is 0 Å². The van der Waals surface area contributed by atoms with Crippen molar-refractivity contribution in [3.05, 3.63) is 47.3 Å². The third kappa shape index (κ3) is 3.31. The SMILES string of the molecule is CC(C)N1C(=O)c2ccccc2CC1OCC(=CF)CN. The first-order valence-corrected chi connectivity index (χ1v) is 7.08. The zero-order valence-electron chi connectivity index (χ0n) is 12.4. The van der Waals surface area contributed by atoms with Crippen molar-refractivity contribution in [2.75, 3.05) is 13.2 Å². The molecule has 1 aromatic rings. The topological polar surface area (TPSA) is 55.6 Å². The van der Waals surface area contributed by atoms with Crippen molar-refractivity contribution in [1.82, 2.24) is 4.90 Å². The smallest absolute Gasteiger partial charge is 0.256 e. The third-order valence-electron chi connectivity index (χ3n) is 3.62. The molecule has 1 amide bonds. The predicted octanol–water partition coefficient (Wildman–Crippen LogP) is 2.25. The second kappa shape index (κ2) is 6.83. The Labute approximate surface area is 124 Å². The summed E-state index contributed by atoms with van der Waals surface area (Å²) in [6.45, 7) is 4.08. The first-order valence-electron chi connectivity index (χ1n) is 7.08. The molecular formula is C16H21FN2O2. The molecule has 1 atom stereocenters. The molecule has 0 spiro atoms. The Morgan fingerprint density at radius 2 is 2.24 bits per heavy atom. The molecule has 0 aliphatic carbocycles. The van der Waals surface area contributed by atoms with Crippen molar-refractivity contribution in [3.8, 4) is 0 Å². The Morgan fingerprint density at radius 1 is 1.52 bits per heavy atom. The lowest BCUT2D eigenvalue weighted by molar-refractivity contribution is -0.0527. The van der Waals surface area contributed by atoms with Crippen LogP contribution in [0.2, 0.25) is 0 Å². The molecule has 0 saturated carbocycles. The fraction of sp³-hybridized carbons (Fsp3) is 0.438. The van der Waals surface area contributed by atoms with Crippen LogP contribution in [0.25, 0.3) is 0 Å². The van der Waals surface area contributed by atoms with Crippen LogP contribution in [0.15, 0.2) is 36.2 Å². The molecule has 114 valence electrons. The summed E-state index contributed by atoms with van der Waals surface area (Å²) in [5, 5.41) is 0. The number of fused-ring (bicyclic) bond motifs is 1. The number of benzene rings is 1. The first-order chi connectivity index (χ1) is 10.1. The first kappa shape index (κ1) is 15.7. The standard InChI is InChI=1S/C16H21FN2O2/c1-11(2)19-15(21-10-12(8-17)9-18)7-13-5-3-4-6-14(13)16(19)20/h3-6,8,11,15H,7,9-10,18H2,1-2H3. The summed E-state index contributed by atoms with van der Waals surface area (Å²) < 4.78 is 18.3. The zero-order valence-corrected chi connectivity index (χ0v) is 12.4. The Balaban J connectivity index is 2.22. The Morgan fingerprint density at radius 3 is 2.86 bits per heavy atom. The van der Waals surface area contributed by atoms with Gasteiger partial charge in [-0.1, -0.05) is 18.2 Å². The quantitative estimate of drug-likeness (QED) is 0.905. The average molecular weight is 292 g/mol. The summed E-state index contributed by atoms with van der Waals surface area (Å²) in [6, 6.07) is 7.52. The monoisotopic (exact) mass is 292 g/mol. The minimum Gasteiger partial charge on any atom is -0.353 e. The Kier molecular flexibility index (Phi) is 5.09. The molecule has 0 radical (unpaired) electrons. The van der Waals surface area contributed by atoms with Gasteiger partial charge in [0.15, 0.2) is 0 Å². The van der Waals surface area contributed by atoms with Crippen LogP contribution in [-0.2, 0) is 11.2 Å². The van der Waals surface area contributed by atoms with Crippen LogP contribution in [0, 0.1) is 0 Å². The minimum absolute atomic E-state index is 0.00605. The third-order valence-corrected chi connectivity index (χ3v) is 3.62. The van der Waals surface area contributed by atoms with E-state index in [9.17, 15) is 9.18 Å². The van der Waals surface area contributed by atoms with E-state index in [1.807, 2.05) is 38.1 Å². The number of hydrogen-bond donors (Lipinski definition) is 1. The highest BCUT2D eigenvalue weighted by Gasteiger charge is 2.34. The van der Waals surface area contributed by atoms with E-state index in [2.05, 4.69) is 0 Å². The van der Waals surface area contributed by atoms with E-state index in [-0.39, 0.29) is 25.1 Å². The van der Waals surface area contributed by atoms with Gasteiger partial charge in [0.2, 0.25) is 0 Å². The molecular weight excluding hydrogens is 271 g/mol. The highest BCUT2D eigenvalue weighted by molar-refractivity contribution is 5.97. The number of nitrogens with two attached hydrogens (primary N) is 1. The molecule has 0 saturated heterocycles. The Hall–Kier alpha value is -1.72. The van der Waals surface area contributed by atoms with Gasteiger partial charge in [-0.2, -0.15) is 0 Å². The van der Waals surface area contributed by atoms with Crippen molar-refractivity contribution >= 4 is 5.91 Å². The van der Waals surface area contributed by atoms with Crippen molar-refractivity contribution in [2.45, 2.75) is 32.5 Å². The van der Waals surface area contributed by atoms with Crippen LogP contribution in [0.5, 0.6) is 0 Å². The molecule has 1 aromatic carbocycles. The second-order valence-electron chi connectivity index (χ2n) is 5.40. The van der Waals surface area contributed by atoms with Crippen LogP contribution in [0.1, 0.15) is 29.8 Å². The normalized spacial score (nSPS) is 19.1. The maximum Gasteiger partial charge on any atom is 0.256 e. The number of carbonyl (C=O) groups excluding carboxylic acids is 1. The number of rotatable bonds is 5.